The molecule has 0 fully saturated rings. The van der Waals surface area contributed by atoms with E-state index in [0.29, 0.717) is 19.8 Å². The molecule has 6 heteroatoms. The molecule has 0 saturated heterocycles. The van der Waals surface area contributed by atoms with Crippen molar-refractivity contribution in [2.24, 2.45) is 5.73 Å². The first-order valence-electron chi connectivity index (χ1n) is 6.94. The molecule has 0 spiro atoms. The highest BCUT2D eigenvalue weighted by Crippen LogP contribution is 2.27. The lowest BCUT2D eigenvalue weighted by atomic mass is 10.3. The molecule has 0 radical (unpaired) electrons. The highest BCUT2D eigenvalue weighted by atomic mass is 32.1. The predicted molar refractivity (Wildman–Crippen MR) is 85.5 cm³/mol. The summed E-state index contributed by atoms with van der Waals surface area (Å²) in [7, 11) is 0. The fraction of sp³-hybridized carbons (Fsp3) is 0.333. The molecule has 5 nitrogen and oxygen atoms in total. The van der Waals surface area contributed by atoms with Gasteiger partial charge in [0.05, 0.1) is 18.1 Å². The van der Waals surface area contributed by atoms with Gasteiger partial charge in [0.15, 0.2) is 11.5 Å². The first-order chi connectivity index (χ1) is 10.3. The maximum atomic E-state index is 5.50. The van der Waals surface area contributed by atoms with Gasteiger partial charge in [-0.3, -0.25) is 0 Å². The van der Waals surface area contributed by atoms with Crippen molar-refractivity contribution in [3.63, 3.8) is 0 Å². The number of imidazole rings is 1. The maximum absolute atomic E-state index is 5.50. The van der Waals surface area contributed by atoms with Crippen LogP contribution in [-0.4, -0.2) is 34.3 Å². The summed E-state index contributed by atoms with van der Waals surface area (Å²) in [6.07, 6.45) is 1.87. The Morgan fingerprint density at radius 3 is 3.05 bits per heavy atom. The molecule has 0 atom stereocenters. The van der Waals surface area contributed by atoms with Crippen LogP contribution in [0.4, 0.5) is 0 Å². The number of hydrogen-bond donors (Lipinski definition) is 1. The van der Waals surface area contributed by atoms with Gasteiger partial charge >= 0.3 is 0 Å². The zero-order valence-corrected chi connectivity index (χ0v) is 12.8. The molecule has 3 aromatic heterocycles. The Hall–Kier alpha value is -1.76. The SMILES string of the molecule is Cc1cnc2c(c1)nc(-c1cccs1)n2CCOCCN. The summed E-state index contributed by atoms with van der Waals surface area (Å²) >= 11 is 1.68. The first kappa shape index (κ1) is 14.2. The van der Waals surface area contributed by atoms with Crippen molar-refractivity contribution in [2.45, 2.75) is 13.5 Å². The molecule has 21 heavy (non-hydrogen) atoms. The fourth-order valence-corrected chi connectivity index (χ4v) is 2.98. The van der Waals surface area contributed by atoms with Crippen molar-refractivity contribution in [1.29, 1.82) is 0 Å². The van der Waals surface area contributed by atoms with E-state index in [4.69, 9.17) is 15.5 Å². The van der Waals surface area contributed by atoms with Crippen LogP contribution in [0.2, 0.25) is 0 Å². The number of aryl methyl sites for hydroxylation is 1. The minimum atomic E-state index is 0.542. The zero-order chi connectivity index (χ0) is 14.7. The highest BCUT2D eigenvalue weighted by Gasteiger charge is 2.14. The lowest BCUT2D eigenvalue weighted by molar-refractivity contribution is 0.134. The average Bonchev–Trinajstić information content (AvgIpc) is 3.10. The predicted octanol–water partition coefficient (Wildman–Crippen LogP) is 2.44. The standard InChI is InChI=1S/C15H18N4OS/c1-11-9-12-14(17-10-11)19(5-7-20-6-4-16)15(18-12)13-3-2-8-21-13/h2-3,8-10H,4-7,16H2,1H3. The van der Waals surface area contributed by atoms with Gasteiger partial charge in [-0.2, -0.15) is 0 Å². The van der Waals surface area contributed by atoms with Crippen molar-refractivity contribution in [2.75, 3.05) is 19.8 Å². The second-order valence-corrected chi connectivity index (χ2v) is 5.77. The minimum absolute atomic E-state index is 0.542. The van der Waals surface area contributed by atoms with Crippen LogP contribution < -0.4 is 5.73 Å². The molecule has 0 unspecified atom stereocenters. The summed E-state index contributed by atoms with van der Waals surface area (Å²) in [5.41, 5.74) is 8.39. The largest absolute Gasteiger partial charge is 0.378 e. The zero-order valence-electron chi connectivity index (χ0n) is 12.0. The maximum Gasteiger partial charge on any atom is 0.160 e. The molecule has 2 N–H and O–H groups in total. The molecule has 110 valence electrons. The van der Waals surface area contributed by atoms with E-state index in [-0.39, 0.29) is 0 Å². The van der Waals surface area contributed by atoms with Crippen LogP contribution in [0.15, 0.2) is 29.8 Å². The van der Waals surface area contributed by atoms with Gasteiger partial charge in [-0.1, -0.05) is 6.07 Å². The number of thiophene rings is 1. The Balaban J connectivity index is 1.99. The normalized spacial score (nSPS) is 11.3. The number of fused-ring (bicyclic) bond motifs is 1. The summed E-state index contributed by atoms with van der Waals surface area (Å²) in [5.74, 6) is 0.953. The summed E-state index contributed by atoms with van der Waals surface area (Å²) in [6, 6.07) is 6.18. The Kier molecular flexibility index (Phi) is 4.28. The van der Waals surface area contributed by atoms with Crippen molar-refractivity contribution in [3.05, 3.63) is 35.3 Å². The van der Waals surface area contributed by atoms with Crippen LogP contribution >= 0.6 is 11.3 Å². The van der Waals surface area contributed by atoms with Crippen LogP contribution in [0.3, 0.4) is 0 Å². The third-order valence-electron chi connectivity index (χ3n) is 3.18. The quantitative estimate of drug-likeness (QED) is 0.710. The molecule has 3 heterocycles. The first-order valence-corrected chi connectivity index (χ1v) is 7.82. The Morgan fingerprint density at radius 2 is 2.29 bits per heavy atom. The summed E-state index contributed by atoms with van der Waals surface area (Å²) in [4.78, 5) is 10.4. The van der Waals surface area contributed by atoms with E-state index in [1.807, 2.05) is 19.2 Å². The summed E-state index contributed by atoms with van der Waals surface area (Å²) < 4.78 is 7.63. The van der Waals surface area contributed by atoms with Gasteiger partial charge in [0.25, 0.3) is 0 Å². The van der Waals surface area contributed by atoms with Crippen molar-refractivity contribution in [1.82, 2.24) is 14.5 Å². The second kappa shape index (κ2) is 6.34. The Morgan fingerprint density at radius 1 is 1.38 bits per heavy atom. The van der Waals surface area contributed by atoms with E-state index in [1.54, 1.807) is 11.3 Å². The van der Waals surface area contributed by atoms with E-state index in [2.05, 4.69) is 27.1 Å². The van der Waals surface area contributed by atoms with Gasteiger partial charge in [-0.05, 0) is 30.0 Å². The third kappa shape index (κ3) is 2.97. The van der Waals surface area contributed by atoms with E-state index in [1.165, 1.54) is 0 Å². The third-order valence-corrected chi connectivity index (χ3v) is 4.05. The van der Waals surface area contributed by atoms with E-state index in [9.17, 15) is 0 Å². The molecule has 3 aromatic rings. The molecular weight excluding hydrogens is 284 g/mol. The van der Waals surface area contributed by atoms with Gasteiger partial charge < -0.3 is 15.0 Å². The van der Waals surface area contributed by atoms with Gasteiger partial charge in [0.1, 0.15) is 5.52 Å². The number of nitrogens with two attached hydrogens (primary N) is 1. The van der Waals surface area contributed by atoms with Crippen LogP contribution in [0.25, 0.3) is 21.9 Å². The monoisotopic (exact) mass is 302 g/mol. The van der Waals surface area contributed by atoms with Crippen molar-refractivity contribution < 1.29 is 4.74 Å². The number of ether oxygens (including phenoxy) is 1. The molecule has 0 aliphatic heterocycles. The molecule has 0 bridgehead atoms. The molecule has 0 aliphatic carbocycles. The van der Waals surface area contributed by atoms with E-state index in [0.717, 1.165) is 34.0 Å². The van der Waals surface area contributed by atoms with Gasteiger partial charge in [0, 0.05) is 19.3 Å². The molecule has 0 amide bonds. The molecular formula is C15H18N4OS. The molecule has 3 rings (SSSR count). The van der Waals surface area contributed by atoms with Gasteiger partial charge in [0.2, 0.25) is 0 Å². The summed E-state index contributed by atoms with van der Waals surface area (Å²) in [5, 5.41) is 2.06. The lowest BCUT2D eigenvalue weighted by Crippen LogP contribution is -2.13. The smallest absolute Gasteiger partial charge is 0.160 e. The number of rotatable bonds is 6. The fourth-order valence-electron chi connectivity index (χ4n) is 2.26. The van der Waals surface area contributed by atoms with E-state index < -0.39 is 0 Å². The molecule has 0 aliphatic rings. The van der Waals surface area contributed by atoms with Crippen molar-refractivity contribution in [3.8, 4) is 10.7 Å². The Labute approximate surface area is 127 Å². The van der Waals surface area contributed by atoms with Crippen LogP contribution in [0.5, 0.6) is 0 Å². The summed E-state index contributed by atoms with van der Waals surface area (Å²) in [6.45, 7) is 4.48. The number of aromatic nitrogens is 3. The van der Waals surface area contributed by atoms with Gasteiger partial charge in [-0.25, -0.2) is 9.97 Å². The number of hydrogen-bond acceptors (Lipinski definition) is 5. The average molecular weight is 302 g/mol. The molecule has 0 aromatic carbocycles. The van der Waals surface area contributed by atoms with E-state index >= 15 is 0 Å². The lowest BCUT2D eigenvalue weighted by Gasteiger charge is -2.08. The minimum Gasteiger partial charge on any atom is -0.378 e. The number of pyridine rings is 1. The van der Waals surface area contributed by atoms with Crippen molar-refractivity contribution >= 4 is 22.5 Å². The second-order valence-electron chi connectivity index (χ2n) is 4.82. The van der Waals surface area contributed by atoms with Crippen LogP contribution in [0.1, 0.15) is 5.56 Å². The van der Waals surface area contributed by atoms with Crippen LogP contribution in [0, 0.1) is 6.92 Å². The topological polar surface area (TPSA) is 66.0 Å². The Bertz CT molecular complexity index is 721. The molecule has 0 saturated carbocycles. The van der Waals surface area contributed by atoms with Gasteiger partial charge in [-0.15, -0.1) is 11.3 Å². The highest BCUT2D eigenvalue weighted by molar-refractivity contribution is 7.13. The number of nitrogens with zero attached hydrogens (tertiary/aromatic N) is 3. The van der Waals surface area contributed by atoms with Crippen LogP contribution in [-0.2, 0) is 11.3 Å².